The van der Waals surface area contributed by atoms with Gasteiger partial charge in [-0.05, 0) is 39.2 Å². The number of carbonyl (C=O) groups is 1. The van der Waals surface area contributed by atoms with Gasteiger partial charge in [0.15, 0.2) is 5.82 Å². The molecule has 1 unspecified atom stereocenters. The number of nitrogens with zero attached hydrogens (tertiary/aromatic N) is 3. The van der Waals surface area contributed by atoms with Crippen LogP contribution in [0.3, 0.4) is 0 Å². The van der Waals surface area contributed by atoms with Crippen LogP contribution in [-0.2, 0) is 4.79 Å². The van der Waals surface area contributed by atoms with E-state index in [-0.39, 0.29) is 17.9 Å². The van der Waals surface area contributed by atoms with Gasteiger partial charge in [-0.15, -0.1) is 0 Å². The second kappa shape index (κ2) is 5.28. The number of hydrogen-bond acceptors (Lipinski definition) is 5. The van der Waals surface area contributed by atoms with Crippen molar-refractivity contribution < 1.29 is 9.32 Å². The maximum atomic E-state index is 12.4. The number of likely N-dealkylation sites (tertiary alicyclic amines) is 1. The lowest BCUT2D eigenvalue weighted by atomic mass is 9.97. The number of hydrogen-bond donors (Lipinski definition) is 1. The molecule has 1 aromatic rings. The fourth-order valence-electron chi connectivity index (χ4n) is 2.97. The van der Waals surface area contributed by atoms with Gasteiger partial charge in [0.2, 0.25) is 11.8 Å². The maximum Gasteiger partial charge on any atom is 0.239 e. The lowest BCUT2D eigenvalue weighted by Crippen LogP contribution is -2.47. The summed E-state index contributed by atoms with van der Waals surface area (Å²) in [6.45, 7) is 4.33. The van der Waals surface area contributed by atoms with Crippen molar-refractivity contribution in [2.45, 2.75) is 44.6 Å². The Morgan fingerprint density at radius 2 is 2.32 bits per heavy atom. The third kappa shape index (κ3) is 2.63. The van der Waals surface area contributed by atoms with Crippen LogP contribution in [0.4, 0.5) is 0 Å². The first-order chi connectivity index (χ1) is 9.24. The standard InChI is InChI=1S/C13H20N4O2/c1-9-15-12(19-16-9)10-4-3-7-17(8-10)13(18)11-5-2-6-14-11/h10-11,14H,2-8H2,1H3/t10?,11-/m0/s1. The Morgan fingerprint density at radius 1 is 1.42 bits per heavy atom. The fourth-order valence-corrected chi connectivity index (χ4v) is 2.97. The van der Waals surface area contributed by atoms with Gasteiger partial charge in [-0.25, -0.2) is 0 Å². The predicted octanol–water partition coefficient (Wildman–Crippen LogP) is 0.836. The number of carbonyl (C=O) groups excluding carboxylic acids is 1. The van der Waals surface area contributed by atoms with Gasteiger partial charge in [-0.1, -0.05) is 5.16 Å². The molecule has 104 valence electrons. The summed E-state index contributed by atoms with van der Waals surface area (Å²) in [6.07, 6.45) is 4.07. The van der Waals surface area contributed by atoms with Crippen LogP contribution in [0.2, 0.25) is 0 Å². The first-order valence-corrected chi connectivity index (χ1v) is 7.06. The highest BCUT2D eigenvalue weighted by Gasteiger charge is 2.32. The topological polar surface area (TPSA) is 71.3 Å². The van der Waals surface area contributed by atoms with Crippen molar-refractivity contribution in [2.24, 2.45) is 0 Å². The molecule has 0 spiro atoms. The Morgan fingerprint density at radius 3 is 3.00 bits per heavy atom. The second-order valence-corrected chi connectivity index (χ2v) is 5.45. The van der Waals surface area contributed by atoms with Gasteiger partial charge in [0.05, 0.1) is 12.0 Å². The summed E-state index contributed by atoms with van der Waals surface area (Å²) in [5, 5.41) is 7.11. The van der Waals surface area contributed by atoms with Crippen LogP contribution < -0.4 is 5.32 Å². The first kappa shape index (κ1) is 12.6. The predicted molar refractivity (Wildman–Crippen MR) is 68.6 cm³/mol. The van der Waals surface area contributed by atoms with Crippen LogP contribution >= 0.6 is 0 Å². The number of aromatic nitrogens is 2. The minimum Gasteiger partial charge on any atom is -0.341 e. The highest BCUT2D eigenvalue weighted by atomic mass is 16.5. The lowest BCUT2D eigenvalue weighted by molar-refractivity contribution is -0.134. The average molecular weight is 264 g/mol. The van der Waals surface area contributed by atoms with Crippen LogP contribution in [-0.4, -0.2) is 46.6 Å². The molecule has 2 fully saturated rings. The number of rotatable bonds is 2. The maximum absolute atomic E-state index is 12.4. The number of piperidine rings is 1. The third-order valence-corrected chi connectivity index (χ3v) is 3.98. The van der Waals surface area contributed by atoms with Gasteiger partial charge in [0, 0.05) is 13.1 Å². The molecule has 0 aliphatic carbocycles. The van der Waals surface area contributed by atoms with E-state index in [1.807, 2.05) is 11.8 Å². The van der Waals surface area contributed by atoms with Gasteiger partial charge in [0.25, 0.3) is 0 Å². The molecular weight excluding hydrogens is 244 g/mol. The van der Waals surface area contributed by atoms with E-state index < -0.39 is 0 Å². The number of nitrogens with one attached hydrogen (secondary N) is 1. The van der Waals surface area contributed by atoms with E-state index >= 15 is 0 Å². The van der Waals surface area contributed by atoms with Crippen LogP contribution in [0.15, 0.2) is 4.52 Å². The summed E-state index contributed by atoms with van der Waals surface area (Å²) < 4.78 is 5.24. The molecule has 2 atom stereocenters. The minimum atomic E-state index is 0.0168. The largest absolute Gasteiger partial charge is 0.341 e. The molecule has 0 saturated carbocycles. The molecule has 6 nitrogen and oxygen atoms in total. The van der Waals surface area contributed by atoms with Crippen LogP contribution in [0.1, 0.15) is 43.3 Å². The molecule has 0 bridgehead atoms. The van der Waals surface area contributed by atoms with Crippen LogP contribution in [0.25, 0.3) is 0 Å². The smallest absolute Gasteiger partial charge is 0.239 e. The van der Waals surface area contributed by atoms with E-state index in [4.69, 9.17) is 4.52 Å². The zero-order valence-electron chi connectivity index (χ0n) is 11.3. The molecule has 1 amide bonds. The Balaban J connectivity index is 1.65. The molecule has 1 aromatic heterocycles. The molecule has 2 aliphatic rings. The average Bonchev–Trinajstić information content (AvgIpc) is 3.09. The summed E-state index contributed by atoms with van der Waals surface area (Å²) >= 11 is 0. The summed E-state index contributed by atoms with van der Waals surface area (Å²) in [6, 6.07) is 0.0168. The van der Waals surface area contributed by atoms with Gasteiger partial charge >= 0.3 is 0 Å². The van der Waals surface area contributed by atoms with E-state index in [2.05, 4.69) is 15.5 Å². The second-order valence-electron chi connectivity index (χ2n) is 5.45. The Kier molecular flexibility index (Phi) is 3.50. The highest BCUT2D eigenvalue weighted by Crippen LogP contribution is 2.26. The molecule has 0 radical (unpaired) electrons. The summed E-state index contributed by atoms with van der Waals surface area (Å²) in [4.78, 5) is 18.6. The summed E-state index contributed by atoms with van der Waals surface area (Å²) in [7, 11) is 0. The van der Waals surface area contributed by atoms with Gasteiger partial charge in [-0.3, -0.25) is 4.79 Å². The van der Waals surface area contributed by atoms with Crippen molar-refractivity contribution >= 4 is 5.91 Å². The zero-order chi connectivity index (χ0) is 13.2. The fraction of sp³-hybridized carbons (Fsp3) is 0.769. The Bertz CT molecular complexity index is 453. The lowest BCUT2D eigenvalue weighted by Gasteiger charge is -2.32. The SMILES string of the molecule is Cc1noc(C2CCCN(C(=O)[C@@H]3CCCN3)C2)n1. The molecule has 2 aliphatic heterocycles. The van der Waals surface area contributed by atoms with Crippen molar-refractivity contribution in [2.75, 3.05) is 19.6 Å². The molecule has 19 heavy (non-hydrogen) atoms. The van der Waals surface area contributed by atoms with Crippen LogP contribution in [0, 0.1) is 6.92 Å². The highest BCUT2D eigenvalue weighted by molar-refractivity contribution is 5.82. The molecule has 0 aromatic carbocycles. The van der Waals surface area contributed by atoms with Gasteiger partial charge < -0.3 is 14.7 Å². The summed E-state index contributed by atoms with van der Waals surface area (Å²) in [5.41, 5.74) is 0. The van der Waals surface area contributed by atoms with Crippen molar-refractivity contribution in [1.29, 1.82) is 0 Å². The minimum absolute atomic E-state index is 0.0168. The number of amides is 1. The van der Waals surface area contributed by atoms with E-state index in [1.54, 1.807) is 0 Å². The normalized spacial score (nSPS) is 27.7. The van der Waals surface area contributed by atoms with E-state index in [9.17, 15) is 4.79 Å². The van der Waals surface area contributed by atoms with Gasteiger partial charge in [0.1, 0.15) is 0 Å². The monoisotopic (exact) mass is 264 g/mol. The zero-order valence-corrected chi connectivity index (χ0v) is 11.3. The molecule has 6 heteroatoms. The number of aryl methyl sites for hydroxylation is 1. The van der Waals surface area contributed by atoms with E-state index in [0.29, 0.717) is 18.3 Å². The Hall–Kier alpha value is -1.43. The molecule has 2 saturated heterocycles. The van der Waals surface area contributed by atoms with Gasteiger partial charge in [-0.2, -0.15) is 4.98 Å². The van der Waals surface area contributed by atoms with Crippen molar-refractivity contribution in [3.63, 3.8) is 0 Å². The first-order valence-electron chi connectivity index (χ1n) is 7.06. The van der Waals surface area contributed by atoms with Crippen molar-refractivity contribution in [3.05, 3.63) is 11.7 Å². The molecule has 3 heterocycles. The quantitative estimate of drug-likeness (QED) is 0.857. The van der Waals surface area contributed by atoms with Crippen LogP contribution in [0.5, 0.6) is 0 Å². The molecule has 3 rings (SSSR count). The molecular formula is C13H20N4O2. The molecule has 1 N–H and O–H groups in total. The van der Waals surface area contributed by atoms with E-state index in [0.717, 1.165) is 38.8 Å². The van der Waals surface area contributed by atoms with Crippen molar-refractivity contribution in [3.8, 4) is 0 Å². The van der Waals surface area contributed by atoms with E-state index in [1.165, 1.54) is 0 Å². The Labute approximate surface area is 112 Å². The van der Waals surface area contributed by atoms with Crippen molar-refractivity contribution in [1.82, 2.24) is 20.4 Å². The third-order valence-electron chi connectivity index (χ3n) is 3.98. The summed E-state index contributed by atoms with van der Waals surface area (Å²) in [5.74, 6) is 1.77.